The highest BCUT2D eigenvalue weighted by atomic mass is 16.5. The van der Waals surface area contributed by atoms with E-state index in [0.29, 0.717) is 12.3 Å². The normalized spacial score (nSPS) is 24.9. The van der Waals surface area contributed by atoms with Gasteiger partial charge in [0.1, 0.15) is 0 Å². The van der Waals surface area contributed by atoms with Crippen molar-refractivity contribution in [2.75, 3.05) is 13.1 Å². The molecule has 2 fully saturated rings. The Labute approximate surface area is 139 Å². The number of hydrogen-bond acceptors (Lipinski definition) is 3. The number of rotatable bonds is 7. The molecular formula is C18H29N3O2. The molecule has 0 radical (unpaired) electrons. The third-order valence-electron chi connectivity index (χ3n) is 5.09. The van der Waals surface area contributed by atoms with E-state index in [2.05, 4.69) is 16.9 Å². The lowest BCUT2D eigenvalue weighted by Gasteiger charge is -2.38. The standard InChI is InChI=1S/C18H29N3O2/c1-3-4-5-16-12-21(13-17(23-16)14-6-7-14)18(22)9-8-15-10-11-19-20(15)2/h10-11,14,16-17H,3-9,12-13H2,1-2H3/t16-,17-/m1/s1. The van der Waals surface area contributed by atoms with Gasteiger partial charge in [-0.3, -0.25) is 9.48 Å². The molecule has 1 amide bonds. The predicted octanol–water partition coefficient (Wildman–Crippen LogP) is 2.55. The minimum absolute atomic E-state index is 0.231. The Hall–Kier alpha value is -1.36. The van der Waals surface area contributed by atoms with Crippen LogP contribution in [-0.2, 0) is 23.0 Å². The van der Waals surface area contributed by atoms with Crippen molar-refractivity contribution in [3.05, 3.63) is 18.0 Å². The molecule has 1 aromatic heterocycles. The maximum absolute atomic E-state index is 12.7. The zero-order valence-corrected chi connectivity index (χ0v) is 14.4. The van der Waals surface area contributed by atoms with E-state index in [9.17, 15) is 4.79 Å². The van der Waals surface area contributed by atoms with Crippen LogP contribution >= 0.6 is 0 Å². The summed E-state index contributed by atoms with van der Waals surface area (Å²) in [7, 11) is 1.93. The molecule has 3 rings (SSSR count). The van der Waals surface area contributed by atoms with Crippen molar-refractivity contribution < 1.29 is 9.53 Å². The summed E-state index contributed by atoms with van der Waals surface area (Å²) in [4.78, 5) is 14.7. The lowest BCUT2D eigenvalue weighted by molar-refractivity contribution is -0.148. The van der Waals surface area contributed by atoms with Gasteiger partial charge in [0.05, 0.1) is 12.2 Å². The van der Waals surface area contributed by atoms with Crippen LogP contribution in [0.4, 0.5) is 0 Å². The van der Waals surface area contributed by atoms with Crippen molar-refractivity contribution in [3.63, 3.8) is 0 Å². The molecule has 23 heavy (non-hydrogen) atoms. The number of aryl methyl sites for hydroxylation is 2. The summed E-state index contributed by atoms with van der Waals surface area (Å²) < 4.78 is 8.11. The summed E-state index contributed by atoms with van der Waals surface area (Å²) in [6.07, 6.45) is 9.59. The Morgan fingerprint density at radius 3 is 2.87 bits per heavy atom. The van der Waals surface area contributed by atoms with E-state index in [1.807, 2.05) is 17.8 Å². The second-order valence-electron chi connectivity index (χ2n) is 7.02. The van der Waals surface area contributed by atoms with Crippen LogP contribution in [0, 0.1) is 5.92 Å². The molecule has 1 aromatic rings. The van der Waals surface area contributed by atoms with Crippen LogP contribution in [-0.4, -0.2) is 45.9 Å². The van der Waals surface area contributed by atoms with Gasteiger partial charge in [-0.15, -0.1) is 0 Å². The molecule has 5 nitrogen and oxygen atoms in total. The lowest BCUT2D eigenvalue weighted by atomic mass is 10.1. The van der Waals surface area contributed by atoms with Crippen LogP contribution in [0.5, 0.6) is 0 Å². The minimum atomic E-state index is 0.231. The van der Waals surface area contributed by atoms with E-state index in [1.165, 1.54) is 25.7 Å². The Balaban J connectivity index is 1.55. The van der Waals surface area contributed by atoms with Crippen molar-refractivity contribution in [2.45, 2.75) is 64.1 Å². The molecule has 1 saturated heterocycles. The maximum Gasteiger partial charge on any atom is 0.223 e. The van der Waals surface area contributed by atoms with Gasteiger partial charge >= 0.3 is 0 Å². The van der Waals surface area contributed by atoms with Crippen LogP contribution < -0.4 is 0 Å². The molecule has 0 bridgehead atoms. The van der Waals surface area contributed by atoms with Crippen LogP contribution in [0.1, 0.15) is 51.1 Å². The van der Waals surface area contributed by atoms with Gasteiger partial charge in [-0.2, -0.15) is 5.10 Å². The fraction of sp³-hybridized carbons (Fsp3) is 0.778. The van der Waals surface area contributed by atoms with Crippen LogP contribution in [0.15, 0.2) is 12.3 Å². The molecular weight excluding hydrogens is 290 g/mol. The van der Waals surface area contributed by atoms with Crippen molar-refractivity contribution in [1.29, 1.82) is 0 Å². The quantitative estimate of drug-likeness (QED) is 0.776. The Kier molecular flexibility index (Phi) is 5.36. The number of hydrogen-bond donors (Lipinski definition) is 0. The van der Waals surface area contributed by atoms with E-state index in [4.69, 9.17) is 4.74 Å². The van der Waals surface area contributed by atoms with E-state index >= 15 is 0 Å². The molecule has 2 heterocycles. The molecule has 1 aliphatic heterocycles. The average Bonchev–Trinajstić information content (AvgIpc) is 3.33. The Bertz CT molecular complexity index is 524. The van der Waals surface area contributed by atoms with E-state index < -0.39 is 0 Å². The smallest absolute Gasteiger partial charge is 0.223 e. The zero-order valence-electron chi connectivity index (χ0n) is 14.4. The molecule has 0 aromatic carbocycles. The summed E-state index contributed by atoms with van der Waals surface area (Å²) >= 11 is 0. The fourth-order valence-electron chi connectivity index (χ4n) is 3.43. The van der Waals surface area contributed by atoms with E-state index in [1.54, 1.807) is 6.20 Å². The number of aromatic nitrogens is 2. The van der Waals surface area contributed by atoms with E-state index in [-0.39, 0.29) is 18.1 Å². The topological polar surface area (TPSA) is 47.4 Å². The largest absolute Gasteiger partial charge is 0.371 e. The van der Waals surface area contributed by atoms with Crippen molar-refractivity contribution in [3.8, 4) is 0 Å². The number of morpholine rings is 1. The number of ether oxygens (including phenoxy) is 1. The highest BCUT2D eigenvalue weighted by Gasteiger charge is 2.39. The first-order valence-corrected chi connectivity index (χ1v) is 9.07. The van der Waals surface area contributed by atoms with Gasteiger partial charge in [0.15, 0.2) is 0 Å². The number of amides is 1. The SMILES string of the molecule is CCCC[C@@H]1CN(C(=O)CCc2ccnn2C)C[C@H](C2CC2)O1. The summed E-state index contributed by atoms with van der Waals surface area (Å²) in [5.74, 6) is 0.952. The van der Waals surface area contributed by atoms with Crippen molar-refractivity contribution >= 4 is 5.91 Å². The van der Waals surface area contributed by atoms with Crippen molar-refractivity contribution in [1.82, 2.24) is 14.7 Å². The number of carbonyl (C=O) groups is 1. The summed E-state index contributed by atoms with van der Waals surface area (Å²) in [6.45, 7) is 3.77. The highest BCUT2D eigenvalue weighted by Crippen LogP contribution is 2.37. The van der Waals surface area contributed by atoms with Crippen LogP contribution in [0.25, 0.3) is 0 Å². The molecule has 2 atom stereocenters. The predicted molar refractivity (Wildman–Crippen MR) is 89.0 cm³/mol. The first-order chi connectivity index (χ1) is 11.2. The van der Waals surface area contributed by atoms with E-state index in [0.717, 1.165) is 31.6 Å². The van der Waals surface area contributed by atoms with Gasteiger partial charge in [0, 0.05) is 38.4 Å². The molecule has 0 N–H and O–H groups in total. The highest BCUT2D eigenvalue weighted by molar-refractivity contribution is 5.76. The van der Waals surface area contributed by atoms with Gasteiger partial charge in [0.25, 0.3) is 0 Å². The van der Waals surface area contributed by atoms with Gasteiger partial charge < -0.3 is 9.64 Å². The van der Waals surface area contributed by atoms with Gasteiger partial charge in [-0.25, -0.2) is 0 Å². The van der Waals surface area contributed by atoms with Gasteiger partial charge in [-0.05, 0) is 37.7 Å². The summed E-state index contributed by atoms with van der Waals surface area (Å²) in [6, 6.07) is 1.99. The van der Waals surface area contributed by atoms with Crippen LogP contribution in [0.2, 0.25) is 0 Å². The number of unbranched alkanes of at least 4 members (excludes halogenated alkanes) is 1. The first kappa shape index (κ1) is 16.5. The van der Waals surface area contributed by atoms with Crippen LogP contribution in [0.3, 0.4) is 0 Å². The maximum atomic E-state index is 12.7. The lowest BCUT2D eigenvalue weighted by Crippen LogP contribution is -2.50. The molecule has 1 aliphatic carbocycles. The summed E-state index contributed by atoms with van der Waals surface area (Å²) in [5.41, 5.74) is 1.12. The fourth-order valence-corrected chi connectivity index (χ4v) is 3.43. The third kappa shape index (κ3) is 4.34. The second-order valence-corrected chi connectivity index (χ2v) is 7.02. The molecule has 2 aliphatic rings. The number of carbonyl (C=O) groups excluding carboxylic acids is 1. The monoisotopic (exact) mass is 319 g/mol. The average molecular weight is 319 g/mol. The first-order valence-electron chi connectivity index (χ1n) is 9.07. The minimum Gasteiger partial charge on any atom is -0.371 e. The molecule has 128 valence electrons. The summed E-state index contributed by atoms with van der Waals surface area (Å²) in [5, 5.41) is 4.17. The third-order valence-corrected chi connectivity index (χ3v) is 5.09. The Morgan fingerprint density at radius 2 is 2.22 bits per heavy atom. The molecule has 0 unspecified atom stereocenters. The molecule has 5 heteroatoms. The molecule has 0 spiro atoms. The van der Waals surface area contributed by atoms with Crippen molar-refractivity contribution in [2.24, 2.45) is 13.0 Å². The second kappa shape index (κ2) is 7.47. The molecule has 1 saturated carbocycles. The van der Waals surface area contributed by atoms with Gasteiger partial charge in [-0.1, -0.05) is 19.8 Å². The number of nitrogens with zero attached hydrogens (tertiary/aromatic N) is 3. The Morgan fingerprint density at radius 1 is 1.39 bits per heavy atom. The zero-order chi connectivity index (χ0) is 16.2. The van der Waals surface area contributed by atoms with Gasteiger partial charge in [0.2, 0.25) is 5.91 Å².